The number of β-amino-alcohol motifs (C(OH)–C–C–N with tert-alkyl or cyclic N) is 1. The Morgan fingerprint density at radius 3 is 2.73 bits per heavy atom. The van der Waals surface area contributed by atoms with Crippen LogP contribution in [0.5, 0.6) is 11.5 Å². The molecule has 7 nitrogen and oxygen atoms in total. The van der Waals surface area contributed by atoms with Gasteiger partial charge in [-0.05, 0) is 43.3 Å². The monoisotopic (exact) mass is 415 g/mol. The average molecular weight is 416 g/mol. The first-order valence-corrected chi connectivity index (χ1v) is 10.4. The molecular formula is C23H33N3O4. The van der Waals surface area contributed by atoms with Crippen LogP contribution in [0.4, 0.5) is 0 Å². The number of methoxy groups -OCH3 is 1. The highest BCUT2D eigenvalue weighted by atomic mass is 16.5. The summed E-state index contributed by atoms with van der Waals surface area (Å²) < 4.78 is 16.7. The molecule has 7 heteroatoms. The Bertz CT molecular complexity index is 796. The number of rotatable bonds is 10. The summed E-state index contributed by atoms with van der Waals surface area (Å²) in [6.07, 6.45) is 1.28. The summed E-state index contributed by atoms with van der Waals surface area (Å²) in [7, 11) is 3.71. The zero-order chi connectivity index (χ0) is 21.3. The maximum absolute atomic E-state index is 10.3. The van der Waals surface area contributed by atoms with Crippen molar-refractivity contribution in [1.29, 1.82) is 0 Å². The van der Waals surface area contributed by atoms with Gasteiger partial charge in [0.1, 0.15) is 12.7 Å². The van der Waals surface area contributed by atoms with Crippen molar-refractivity contribution in [3.05, 3.63) is 53.3 Å². The Hall–Kier alpha value is -2.19. The second-order valence-electron chi connectivity index (χ2n) is 7.80. The largest absolute Gasteiger partial charge is 0.493 e. The van der Waals surface area contributed by atoms with Crippen molar-refractivity contribution in [2.75, 3.05) is 53.6 Å². The van der Waals surface area contributed by atoms with E-state index in [0.717, 1.165) is 50.7 Å². The van der Waals surface area contributed by atoms with E-state index >= 15 is 0 Å². The summed E-state index contributed by atoms with van der Waals surface area (Å²) in [5.41, 5.74) is 3.41. The highest BCUT2D eigenvalue weighted by molar-refractivity contribution is 5.43. The highest BCUT2D eigenvalue weighted by Gasteiger charge is 2.16. The maximum Gasteiger partial charge on any atom is 0.161 e. The lowest BCUT2D eigenvalue weighted by atomic mass is 10.1. The average Bonchev–Trinajstić information content (AvgIpc) is 2.75. The molecule has 1 aromatic carbocycles. The Morgan fingerprint density at radius 2 is 2.00 bits per heavy atom. The lowest BCUT2D eigenvalue weighted by Gasteiger charge is -2.28. The molecule has 0 bridgehead atoms. The van der Waals surface area contributed by atoms with Gasteiger partial charge in [-0.15, -0.1) is 0 Å². The fourth-order valence-electron chi connectivity index (χ4n) is 3.56. The van der Waals surface area contributed by atoms with E-state index < -0.39 is 6.10 Å². The predicted molar refractivity (Wildman–Crippen MR) is 116 cm³/mol. The van der Waals surface area contributed by atoms with Crippen LogP contribution in [0.25, 0.3) is 0 Å². The summed E-state index contributed by atoms with van der Waals surface area (Å²) in [5, 5.41) is 10.3. The van der Waals surface area contributed by atoms with Crippen LogP contribution < -0.4 is 9.47 Å². The standard InChI is InChI=1S/C23H33N3O4/c1-18-5-4-8-24-21(18)16-25(2)14-19-6-7-22(23(13-19)28-3)30-17-20(27)15-26-9-11-29-12-10-26/h4-8,13,20,27H,9-12,14-17H2,1-3H3/t20-/m1/s1. The molecule has 30 heavy (non-hydrogen) atoms. The first kappa shape index (κ1) is 22.5. The zero-order valence-corrected chi connectivity index (χ0v) is 18.2. The van der Waals surface area contributed by atoms with Crippen molar-refractivity contribution in [1.82, 2.24) is 14.8 Å². The molecule has 1 saturated heterocycles. The van der Waals surface area contributed by atoms with Gasteiger partial charge in [0.25, 0.3) is 0 Å². The SMILES string of the molecule is COc1cc(CN(C)Cc2ncccc2C)ccc1OC[C@H](O)CN1CCOCC1. The number of aliphatic hydroxyl groups excluding tert-OH is 1. The number of aryl methyl sites for hydroxylation is 1. The van der Waals surface area contributed by atoms with Crippen LogP contribution in [-0.2, 0) is 17.8 Å². The van der Waals surface area contributed by atoms with E-state index in [2.05, 4.69) is 34.8 Å². The van der Waals surface area contributed by atoms with Gasteiger partial charge in [-0.25, -0.2) is 0 Å². The number of pyridine rings is 1. The number of morpholine rings is 1. The van der Waals surface area contributed by atoms with E-state index in [1.807, 2.05) is 30.5 Å². The number of aliphatic hydroxyl groups is 1. The molecule has 2 aromatic rings. The molecule has 1 aliphatic heterocycles. The molecule has 1 atom stereocenters. The molecule has 1 aromatic heterocycles. The molecule has 1 aliphatic rings. The van der Waals surface area contributed by atoms with E-state index in [1.54, 1.807) is 7.11 Å². The summed E-state index contributed by atoms with van der Waals surface area (Å²) in [4.78, 5) is 8.88. The van der Waals surface area contributed by atoms with Gasteiger partial charge in [-0.1, -0.05) is 12.1 Å². The smallest absolute Gasteiger partial charge is 0.161 e. The van der Waals surface area contributed by atoms with Crippen LogP contribution in [0.1, 0.15) is 16.8 Å². The second kappa shape index (κ2) is 11.3. The van der Waals surface area contributed by atoms with Crippen molar-refractivity contribution in [2.45, 2.75) is 26.1 Å². The lowest BCUT2D eigenvalue weighted by molar-refractivity contribution is 0.00445. The topological polar surface area (TPSA) is 67.3 Å². The number of hydrogen-bond acceptors (Lipinski definition) is 7. The number of benzene rings is 1. The molecule has 0 saturated carbocycles. The highest BCUT2D eigenvalue weighted by Crippen LogP contribution is 2.29. The third-order valence-electron chi connectivity index (χ3n) is 5.22. The lowest BCUT2D eigenvalue weighted by Crippen LogP contribution is -2.42. The van der Waals surface area contributed by atoms with Gasteiger partial charge in [0.2, 0.25) is 0 Å². The summed E-state index contributed by atoms with van der Waals surface area (Å²) >= 11 is 0. The fourth-order valence-corrected chi connectivity index (χ4v) is 3.56. The van der Waals surface area contributed by atoms with Crippen LogP contribution in [0.2, 0.25) is 0 Å². The molecule has 1 fully saturated rings. The third-order valence-corrected chi connectivity index (χ3v) is 5.22. The van der Waals surface area contributed by atoms with Gasteiger partial charge >= 0.3 is 0 Å². The third kappa shape index (κ3) is 6.67. The van der Waals surface area contributed by atoms with Crippen LogP contribution in [0.3, 0.4) is 0 Å². The van der Waals surface area contributed by atoms with E-state index in [4.69, 9.17) is 14.2 Å². The predicted octanol–water partition coefficient (Wildman–Crippen LogP) is 2.10. The van der Waals surface area contributed by atoms with E-state index in [-0.39, 0.29) is 6.61 Å². The number of hydrogen-bond donors (Lipinski definition) is 1. The van der Waals surface area contributed by atoms with Gasteiger partial charge in [0.15, 0.2) is 11.5 Å². The summed E-state index contributed by atoms with van der Waals surface area (Å²) in [5.74, 6) is 1.32. The minimum absolute atomic E-state index is 0.228. The van der Waals surface area contributed by atoms with Crippen molar-refractivity contribution in [3.8, 4) is 11.5 Å². The first-order valence-electron chi connectivity index (χ1n) is 10.4. The maximum atomic E-state index is 10.3. The van der Waals surface area contributed by atoms with Crippen molar-refractivity contribution >= 4 is 0 Å². The molecule has 0 aliphatic carbocycles. The number of aromatic nitrogens is 1. The number of nitrogens with zero attached hydrogens (tertiary/aromatic N) is 3. The van der Waals surface area contributed by atoms with Gasteiger partial charge in [0.05, 0.1) is 26.0 Å². The Morgan fingerprint density at radius 1 is 1.20 bits per heavy atom. The van der Waals surface area contributed by atoms with Crippen LogP contribution in [0.15, 0.2) is 36.5 Å². The normalized spacial score (nSPS) is 15.9. The molecule has 1 N–H and O–H groups in total. The Balaban J connectivity index is 1.53. The summed E-state index contributed by atoms with van der Waals surface area (Å²) in [6, 6.07) is 9.98. The van der Waals surface area contributed by atoms with E-state index in [0.29, 0.717) is 18.0 Å². The molecular weight excluding hydrogens is 382 g/mol. The molecule has 0 radical (unpaired) electrons. The van der Waals surface area contributed by atoms with Crippen LogP contribution in [-0.4, -0.2) is 79.6 Å². The van der Waals surface area contributed by atoms with E-state index in [1.165, 1.54) is 5.56 Å². The zero-order valence-electron chi connectivity index (χ0n) is 18.2. The quantitative estimate of drug-likeness (QED) is 0.637. The van der Waals surface area contributed by atoms with Crippen LogP contribution in [0, 0.1) is 6.92 Å². The van der Waals surface area contributed by atoms with Crippen LogP contribution >= 0.6 is 0 Å². The Labute approximate surface area is 179 Å². The molecule has 164 valence electrons. The van der Waals surface area contributed by atoms with Gasteiger partial charge < -0.3 is 19.3 Å². The summed E-state index contributed by atoms with van der Waals surface area (Å²) in [6.45, 7) is 7.58. The van der Waals surface area contributed by atoms with Crippen molar-refractivity contribution in [3.63, 3.8) is 0 Å². The Kier molecular flexibility index (Phi) is 8.45. The first-order chi connectivity index (χ1) is 14.5. The minimum Gasteiger partial charge on any atom is -0.493 e. The number of ether oxygens (including phenoxy) is 3. The van der Waals surface area contributed by atoms with Gasteiger partial charge in [-0.3, -0.25) is 14.8 Å². The van der Waals surface area contributed by atoms with Gasteiger partial charge in [0, 0.05) is 38.9 Å². The van der Waals surface area contributed by atoms with Gasteiger partial charge in [-0.2, -0.15) is 0 Å². The van der Waals surface area contributed by atoms with E-state index in [9.17, 15) is 5.11 Å². The second-order valence-corrected chi connectivity index (χ2v) is 7.80. The van der Waals surface area contributed by atoms with Crippen molar-refractivity contribution in [2.24, 2.45) is 0 Å². The fraction of sp³-hybridized carbons (Fsp3) is 0.522. The van der Waals surface area contributed by atoms with Crippen molar-refractivity contribution < 1.29 is 19.3 Å². The molecule has 2 heterocycles. The minimum atomic E-state index is -0.555. The molecule has 0 amide bonds. The molecule has 0 spiro atoms. The molecule has 3 rings (SSSR count). The molecule has 0 unspecified atom stereocenters.